The predicted octanol–water partition coefficient (Wildman–Crippen LogP) is 3.91. The van der Waals surface area contributed by atoms with Crippen LogP contribution in [0, 0.1) is 5.41 Å². The number of nitrogens with two attached hydrogens (primary N) is 1. The van der Waals surface area contributed by atoms with Crippen LogP contribution in [0.5, 0.6) is 0 Å². The second kappa shape index (κ2) is 7.39. The molecular weight excluding hydrogens is 383 g/mol. The number of carbonyl (C=O) groups is 1. The van der Waals surface area contributed by atoms with Gasteiger partial charge in [0.05, 0.1) is 0 Å². The van der Waals surface area contributed by atoms with Crippen LogP contribution in [0.25, 0.3) is 0 Å². The summed E-state index contributed by atoms with van der Waals surface area (Å²) in [6.45, 7) is 4.18. The Hall–Kier alpha value is -1.67. The van der Waals surface area contributed by atoms with E-state index < -0.39 is 18.4 Å². The lowest BCUT2D eigenvalue weighted by Crippen LogP contribution is -2.60. The van der Waals surface area contributed by atoms with E-state index in [1.54, 1.807) is 6.07 Å². The highest BCUT2D eigenvalue weighted by molar-refractivity contribution is 6.30. The molecule has 0 bridgehead atoms. The summed E-state index contributed by atoms with van der Waals surface area (Å²) in [5.74, 6) is 0. The van der Waals surface area contributed by atoms with Gasteiger partial charge in [-0.1, -0.05) is 17.7 Å². The monoisotopic (exact) mass is 405 g/mol. The number of nitrogen functional groups attached to an aromatic ring is 1. The normalized spacial score (nSPS) is 21.0. The van der Waals surface area contributed by atoms with E-state index in [-0.39, 0.29) is 5.41 Å². The van der Waals surface area contributed by atoms with Crippen molar-refractivity contribution in [3.8, 4) is 0 Å². The van der Waals surface area contributed by atoms with Crippen molar-refractivity contribution in [3.05, 3.63) is 28.8 Å². The number of rotatable bonds is 3. The van der Waals surface area contributed by atoms with Gasteiger partial charge < -0.3 is 15.4 Å². The average Bonchev–Trinajstić information content (AvgIpc) is 2.55. The maximum absolute atomic E-state index is 12.5. The third-order valence-electron chi connectivity index (χ3n) is 5.44. The highest BCUT2D eigenvalue weighted by Gasteiger charge is 2.46. The Morgan fingerprint density at radius 3 is 2.52 bits per heavy atom. The third kappa shape index (κ3) is 4.60. The first-order valence-corrected chi connectivity index (χ1v) is 9.24. The first-order valence-electron chi connectivity index (χ1n) is 8.87. The van der Waals surface area contributed by atoms with Crippen LogP contribution in [0.15, 0.2) is 18.2 Å². The molecule has 5 nitrogen and oxygen atoms in total. The maximum Gasteiger partial charge on any atom is 0.425 e. The summed E-state index contributed by atoms with van der Waals surface area (Å²) in [5.41, 5.74) is 7.80. The second-order valence-electron chi connectivity index (χ2n) is 7.54. The van der Waals surface area contributed by atoms with Gasteiger partial charge in [-0.05, 0) is 42.9 Å². The van der Waals surface area contributed by atoms with E-state index >= 15 is 0 Å². The van der Waals surface area contributed by atoms with Crippen molar-refractivity contribution in [2.45, 2.75) is 38.6 Å². The summed E-state index contributed by atoms with van der Waals surface area (Å²) in [5, 5.41) is 0.607. The average molecular weight is 406 g/mol. The van der Waals surface area contributed by atoms with Gasteiger partial charge in [-0.2, -0.15) is 13.2 Å². The number of hydrogen-bond acceptors (Lipinski definition) is 4. The first kappa shape index (κ1) is 20.1. The van der Waals surface area contributed by atoms with Crippen LogP contribution in [0.3, 0.4) is 0 Å². The summed E-state index contributed by atoms with van der Waals surface area (Å²) in [6.07, 6.45) is -6.00. The van der Waals surface area contributed by atoms with Crippen LogP contribution in [-0.2, 0) is 11.3 Å². The number of anilines is 1. The van der Waals surface area contributed by atoms with Gasteiger partial charge in [0.25, 0.3) is 0 Å². The zero-order chi connectivity index (χ0) is 19.8. The van der Waals surface area contributed by atoms with Gasteiger partial charge >= 0.3 is 12.3 Å². The van der Waals surface area contributed by atoms with Crippen LogP contribution in [0.1, 0.15) is 25.3 Å². The van der Waals surface area contributed by atoms with Crippen LogP contribution in [0.4, 0.5) is 23.7 Å². The maximum atomic E-state index is 12.5. The van der Waals surface area contributed by atoms with E-state index in [2.05, 4.69) is 9.64 Å². The molecule has 0 saturated carbocycles. The van der Waals surface area contributed by atoms with Crippen molar-refractivity contribution in [1.82, 2.24) is 9.80 Å². The zero-order valence-corrected chi connectivity index (χ0v) is 15.8. The fourth-order valence-corrected chi connectivity index (χ4v) is 3.92. The number of benzene rings is 1. The van der Waals surface area contributed by atoms with Gasteiger partial charge in [-0.15, -0.1) is 0 Å². The number of nitrogens with zero attached hydrogens (tertiary/aromatic N) is 2. The van der Waals surface area contributed by atoms with E-state index in [0.29, 0.717) is 23.8 Å². The van der Waals surface area contributed by atoms with Crippen molar-refractivity contribution in [3.63, 3.8) is 0 Å². The van der Waals surface area contributed by atoms with Gasteiger partial charge in [0.2, 0.25) is 0 Å². The molecule has 2 saturated heterocycles. The van der Waals surface area contributed by atoms with Gasteiger partial charge in [0.15, 0.2) is 6.10 Å². The summed E-state index contributed by atoms with van der Waals surface area (Å²) < 4.78 is 42.1. The van der Waals surface area contributed by atoms with Crippen LogP contribution in [0.2, 0.25) is 5.02 Å². The van der Waals surface area contributed by atoms with Crippen molar-refractivity contribution >= 4 is 23.4 Å². The lowest BCUT2D eigenvalue weighted by atomic mass is 9.72. The Balaban J connectivity index is 1.46. The first-order chi connectivity index (χ1) is 12.6. The van der Waals surface area contributed by atoms with E-state index in [4.69, 9.17) is 17.3 Å². The molecule has 3 rings (SSSR count). The summed E-state index contributed by atoms with van der Waals surface area (Å²) in [6, 6.07) is 5.47. The molecule has 2 N–H and O–H groups in total. The Kier molecular flexibility index (Phi) is 5.49. The number of alkyl halides is 3. The standard InChI is InChI=1S/C18H23ClF3N3O2/c1-12(18(20,21)22)27-16(26)25-6-4-17(5-7-25)10-24(11-17)9-13-2-3-14(19)8-15(13)23/h2-3,8,12H,4-7,9-11,23H2,1H3. The van der Waals surface area contributed by atoms with E-state index in [0.717, 1.165) is 45.0 Å². The molecule has 1 spiro atoms. The molecule has 1 unspecified atom stereocenters. The van der Waals surface area contributed by atoms with Crippen LogP contribution < -0.4 is 5.73 Å². The molecule has 2 fully saturated rings. The van der Waals surface area contributed by atoms with Crippen molar-refractivity contribution in [2.24, 2.45) is 5.41 Å². The summed E-state index contributed by atoms with van der Waals surface area (Å²) in [4.78, 5) is 15.6. The third-order valence-corrected chi connectivity index (χ3v) is 5.68. The molecule has 0 aromatic heterocycles. The highest BCUT2D eigenvalue weighted by Crippen LogP contribution is 2.41. The van der Waals surface area contributed by atoms with E-state index in [9.17, 15) is 18.0 Å². The lowest BCUT2D eigenvalue weighted by Gasteiger charge is -2.54. The number of piperidine rings is 1. The van der Waals surface area contributed by atoms with Crippen molar-refractivity contribution in [1.29, 1.82) is 0 Å². The number of halogens is 4. The molecule has 150 valence electrons. The molecule has 0 radical (unpaired) electrons. The van der Waals surface area contributed by atoms with Gasteiger partial charge in [0.1, 0.15) is 0 Å². The smallest absolute Gasteiger partial charge is 0.425 e. The van der Waals surface area contributed by atoms with Gasteiger partial charge in [-0.25, -0.2) is 4.79 Å². The van der Waals surface area contributed by atoms with Gasteiger partial charge in [0, 0.05) is 43.4 Å². The molecule has 0 aliphatic carbocycles. The molecular formula is C18H23ClF3N3O2. The lowest BCUT2D eigenvalue weighted by molar-refractivity contribution is -0.200. The van der Waals surface area contributed by atoms with Crippen molar-refractivity contribution in [2.75, 3.05) is 31.9 Å². The Bertz CT molecular complexity index is 698. The number of likely N-dealkylation sites (tertiary alicyclic amines) is 2. The minimum absolute atomic E-state index is 0.119. The summed E-state index contributed by atoms with van der Waals surface area (Å²) in [7, 11) is 0. The van der Waals surface area contributed by atoms with Crippen molar-refractivity contribution < 1.29 is 22.7 Å². The fraction of sp³-hybridized carbons (Fsp3) is 0.611. The molecule has 1 amide bonds. The van der Waals surface area contributed by atoms with E-state index in [1.165, 1.54) is 4.90 Å². The molecule has 1 atom stereocenters. The highest BCUT2D eigenvalue weighted by atomic mass is 35.5. The fourth-order valence-electron chi connectivity index (χ4n) is 3.74. The summed E-state index contributed by atoms with van der Waals surface area (Å²) >= 11 is 5.92. The Morgan fingerprint density at radius 1 is 1.33 bits per heavy atom. The molecule has 2 aliphatic rings. The Morgan fingerprint density at radius 2 is 1.96 bits per heavy atom. The predicted molar refractivity (Wildman–Crippen MR) is 96.4 cm³/mol. The number of ether oxygens (including phenoxy) is 1. The minimum Gasteiger partial charge on any atom is -0.437 e. The zero-order valence-electron chi connectivity index (χ0n) is 15.1. The second-order valence-corrected chi connectivity index (χ2v) is 7.98. The largest absolute Gasteiger partial charge is 0.437 e. The molecule has 2 aliphatic heterocycles. The molecule has 2 heterocycles. The molecule has 1 aromatic carbocycles. The topological polar surface area (TPSA) is 58.8 Å². The quantitative estimate of drug-likeness (QED) is 0.775. The molecule has 9 heteroatoms. The van der Waals surface area contributed by atoms with Crippen LogP contribution in [-0.4, -0.2) is 54.4 Å². The Labute approximate surface area is 161 Å². The van der Waals surface area contributed by atoms with Crippen LogP contribution >= 0.6 is 11.6 Å². The van der Waals surface area contributed by atoms with Gasteiger partial charge in [-0.3, -0.25) is 4.90 Å². The number of hydrogen-bond donors (Lipinski definition) is 1. The number of carbonyl (C=O) groups excluding carboxylic acids is 1. The number of amides is 1. The SMILES string of the molecule is CC(OC(=O)N1CCC2(CC1)CN(Cc1ccc(Cl)cc1N)C2)C(F)(F)F. The molecule has 27 heavy (non-hydrogen) atoms. The molecule has 1 aromatic rings. The minimum atomic E-state index is -4.54. The van der Waals surface area contributed by atoms with E-state index in [1.807, 2.05) is 12.1 Å².